The van der Waals surface area contributed by atoms with Crippen molar-refractivity contribution in [2.45, 2.75) is 26.0 Å². The van der Waals surface area contributed by atoms with Crippen LogP contribution in [0.3, 0.4) is 0 Å². The van der Waals surface area contributed by atoms with E-state index in [1.165, 1.54) is 0 Å². The van der Waals surface area contributed by atoms with Gasteiger partial charge in [-0.15, -0.1) is 0 Å². The van der Waals surface area contributed by atoms with Crippen LogP contribution in [0.25, 0.3) is 0 Å². The van der Waals surface area contributed by atoms with Crippen molar-refractivity contribution in [3.8, 4) is 0 Å². The molecule has 0 aromatic carbocycles. The van der Waals surface area contributed by atoms with Gasteiger partial charge < -0.3 is 15.0 Å². The van der Waals surface area contributed by atoms with Gasteiger partial charge in [0, 0.05) is 12.6 Å². The minimum atomic E-state index is -0.779. The molecule has 7 nitrogen and oxygen atoms in total. The summed E-state index contributed by atoms with van der Waals surface area (Å²) in [4.78, 5) is 21.9. The molecule has 2 N–H and O–H groups in total. The van der Waals surface area contributed by atoms with Crippen molar-refractivity contribution < 1.29 is 10.0 Å². The molecule has 1 atom stereocenters. The van der Waals surface area contributed by atoms with Crippen molar-refractivity contribution in [3.63, 3.8) is 0 Å². The maximum Gasteiger partial charge on any atom is 0.286 e. The molecule has 106 valence electrons. The minimum absolute atomic E-state index is 0.00975. The molecule has 0 amide bonds. The van der Waals surface area contributed by atoms with Crippen LogP contribution >= 0.6 is 15.9 Å². The highest BCUT2D eigenvalue weighted by molar-refractivity contribution is 9.10. The zero-order valence-electron chi connectivity index (χ0n) is 10.5. The summed E-state index contributed by atoms with van der Waals surface area (Å²) in [6, 6.07) is 1.15. The number of nitro groups is 1. The Hall–Kier alpha value is -1.25. The van der Waals surface area contributed by atoms with E-state index >= 15 is 0 Å². The molecule has 0 aliphatic heterocycles. The molecule has 0 saturated carbocycles. The monoisotopic (exact) mass is 333 g/mol. The van der Waals surface area contributed by atoms with Gasteiger partial charge >= 0.3 is 0 Å². The average molecular weight is 334 g/mol. The Labute approximate surface area is 118 Å². The van der Waals surface area contributed by atoms with Gasteiger partial charge in [0.2, 0.25) is 0 Å². The molecular formula is C11H16BrN3O4. The predicted octanol–water partition coefficient (Wildman–Crippen LogP) is 0.879. The summed E-state index contributed by atoms with van der Waals surface area (Å²) < 4.78 is 1.25. The molecule has 1 heterocycles. The first-order valence-corrected chi connectivity index (χ1v) is 6.68. The number of aromatic nitrogens is 1. The number of halogens is 1. The third-order valence-corrected chi connectivity index (χ3v) is 3.02. The molecule has 8 heteroatoms. The molecule has 19 heavy (non-hydrogen) atoms. The van der Waals surface area contributed by atoms with Crippen molar-refractivity contribution in [1.29, 1.82) is 0 Å². The van der Waals surface area contributed by atoms with Gasteiger partial charge in [-0.1, -0.05) is 6.92 Å². The van der Waals surface area contributed by atoms with Crippen molar-refractivity contribution in [2.24, 2.45) is 0 Å². The Balaban J connectivity index is 2.82. The maximum absolute atomic E-state index is 11.8. The van der Waals surface area contributed by atoms with Gasteiger partial charge in [-0.05, 0) is 28.9 Å². The molecule has 0 aliphatic rings. The first-order valence-electron chi connectivity index (χ1n) is 5.88. The van der Waals surface area contributed by atoms with Crippen LogP contribution in [0.1, 0.15) is 13.3 Å². The summed E-state index contributed by atoms with van der Waals surface area (Å²) in [6.07, 6.45) is 1.30. The molecule has 0 radical (unpaired) electrons. The van der Waals surface area contributed by atoms with E-state index in [2.05, 4.69) is 21.2 Å². The SMILES string of the molecule is CCCNCC(O)Cn1cc([N+](=O)[O-])cc(Br)c1=O. The number of rotatable bonds is 7. The quantitative estimate of drug-likeness (QED) is 0.438. The molecule has 1 unspecified atom stereocenters. The predicted molar refractivity (Wildman–Crippen MR) is 74.2 cm³/mol. The highest BCUT2D eigenvalue weighted by atomic mass is 79.9. The number of hydrogen-bond acceptors (Lipinski definition) is 5. The molecule has 0 spiro atoms. The zero-order valence-corrected chi connectivity index (χ0v) is 12.1. The van der Waals surface area contributed by atoms with E-state index in [-0.39, 0.29) is 16.7 Å². The topological polar surface area (TPSA) is 97.4 Å². The molecule has 0 fully saturated rings. The van der Waals surface area contributed by atoms with Gasteiger partial charge in [-0.3, -0.25) is 14.9 Å². The standard InChI is InChI=1S/C11H16BrN3O4/c1-2-3-13-5-9(16)7-14-6-8(15(18)19)4-10(12)11(14)17/h4,6,9,13,16H,2-3,5,7H2,1H3. The number of aliphatic hydroxyl groups is 1. The summed E-state index contributed by atoms with van der Waals surface area (Å²) in [5.41, 5.74) is -0.597. The number of pyridine rings is 1. The second-order valence-corrected chi connectivity index (χ2v) is 4.97. The van der Waals surface area contributed by atoms with Crippen LogP contribution in [0.15, 0.2) is 21.5 Å². The highest BCUT2D eigenvalue weighted by Gasteiger charge is 2.14. The minimum Gasteiger partial charge on any atom is -0.390 e. The average Bonchev–Trinajstić information content (AvgIpc) is 2.34. The lowest BCUT2D eigenvalue weighted by Crippen LogP contribution is -2.34. The van der Waals surface area contributed by atoms with Crippen LogP contribution in [-0.4, -0.2) is 33.8 Å². The second kappa shape index (κ2) is 7.37. The Kier molecular flexibility index (Phi) is 6.13. The molecular weight excluding hydrogens is 318 g/mol. The molecule has 1 aromatic heterocycles. The number of nitrogens with zero attached hydrogens (tertiary/aromatic N) is 2. The van der Waals surface area contributed by atoms with E-state index < -0.39 is 16.6 Å². The smallest absolute Gasteiger partial charge is 0.286 e. The van der Waals surface area contributed by atoms with Crippen molar-refractivity contribution in [3.05, 3.63) is 37.2 Å². The fourth-order valence-electron chi connectivity index (χ4n) is 1.56. The van der Waals surface area contributed by atoms with Crippen LogP contribution in [-0.2, 0) is 6.54 Å². The van der Waals surface area contributed by atoms with Crippen molar-refractivity contribution in [1.82, 2.24) is 9.88 Å². The first-order chi connectivity index (χ1) is 8.95. The summed E-state index contributed by atoms with van der Waals surface area (Å²) in [5.74, 6) is 0. The molecule has 0 aliphatic carbocycles. The Morgan fingerprint density at radius 2 is 2.32 bits per heavy atom. The van der Waals surface area contributed by atoms with E-state index in [1.807, 2.05) is 6.92 Å². The fraction of sp³-hybridized carbons (Fsp3) is 0.545. The third-order valence-electron chi connectivity index (χ3n) is 2.45. The van der Waals surface area contributed by atoms with Gasteiger partial charge in [0.1, 0.15) is 0 Å². The molecule has 0 bridgehead atoms. The van der Waals surface area contributed by atoms with E-state index in [0.717, 1.165) is 29.8 Å². The largest absolute Gasteiger partial charge is 0.390 e. The number of aliphatic hydroxyl groups excluding tert-OH is 1. The molecule has 0 saturated heterocycles. The Bertz CT molecular complexity index is 503. The van der Waals surface area contributed by atoms with E-state index in [9.17, 15) is 20.0 Å². The van der Waals surface area contributed by atoms with Gasteiger partial charge in [0.05, 0.1) is 28.2 Å². The lowest BCUT2D eigenvalue weighted by Gasteiger charge is -2.13. The Morgan fingerprint density at radius 3 is 2.89 bits per heavy atom. The third kappa shape index (κ3) is 4.73. The summed E-state index contributed by atoms with van der Waals surface area (Å²) in [7, 11) is 0. The van der Waals surface area contributed by atoms with Gasteiger partial charge in [-0.25, -0.2) is 0 Å². The molecule has 1 aromatic rings. The summed E-state index contributed by atoms with van der Waals surface area (Å²) in [5, 5.41) is 23.5. The number of hydrogen-bond donors (Lipinski definition) is 2. The lowest BCUT2D eigenvalue weighted by molar-refractivity contribution is -0.385. The lowest BCUT2D eigenvalue weighted by atomic mass is 10.3. The van der Waals surface area contributed by atoms with Crippen molar-refractivity contribution >= 4 is 21.6 Å². The van der Waals surface area contributed by atoms with Crippen LogP contribution in [0.2, 0.25) is 0 Å². The summed E-state index contributed by atoms with van der Waals surface area (Å²) >= 11 is 2.98. The normalized spacial score (nSPS) is 12.4. The van der Waals surface area contributed by atoms with Gasteiger partial charge in [0.15, 0.2) is 0 Å². The Morgan fingerprint density at radius 1 is 1.63 bits per heavy atom. The van der Waals surface area contributed by atoms with E-state index in [1.54, 1.807) is 0 Å². The first kappa shape index (κ1) is 15.8. The fourth-order valence-corrected chi connectivity index (χ4v) is 2.02. The zero-order chi connectivity index (χ0) is 14.4. The highest BCUT2D eigenvalue weighted by Crippen LogP contribution is 2.14. The van der Waals surface area contributed by atoms with Crippen LogP contribution in [0, 0.1) is 10.1 Å². The van der Waals surface area contributed by atoms with Crippen LogP contribution in [0.5, 0.6) is 0 Å². The second-order valence-electron chi connectivity index (χ2n) is 4.12. The summed E-state index contributed by atoms with van der Waals surface area (Å²) in [6.45, 7) is 3.11. The van der Waals surface area contributed by atoms with Crippen LogP contribution in [0.4, 0.5) is 5.69 Å². The van der Waals surface area contributed by atoms with Gasteiger partial charge in [0.25, 0.3) is 11.2 Å². The maximum atomic E-state index is 11.8. The number of nitrogens with one attached hydrogen (secondary N) is 1. The molecule has 1 rings (SSSR count). The van der Waals surface area contributed by atoms with Crippen molar-refractivity contribution in [2.75, 3.05) is 13.1 Å². The van der Waals surface area contributed by atoms with Gasteiger partial charge in [-0.2, -0.15) is 0 Å². The van der Waals surface area contributed by atoms with E-state index in [0.29, 0.717) is 6.54 Å². The van der Waals surface area contributed by atoms with Crippen LogP contribution < -0.4 is 10.9 Å². The van der Waals surface area contributed by atoms with E-state index in [4.69, 9.17) is 0 Å².